The average Bonchev–Trinajstić information content (AvgIpc) is 3.47. The van der Waals surface area contributed by atoms with Gasteiger partial charge in [-0.25, -0.2) is 0 Å². The second-order valence-electron chi connectivity index (χ2n) is 17.3. The van der Waals surface area contributed by atoms with E-state index in [9.17, 15) is 0 Å². The van der Waals surface area contributed by atoms with E-state index in [1.54, 1.807) is 0 Å². The number of hydrogen-bond acceptors (Lipinski definition) is 1. The summed E-state index contributed by atoms with van der Waals surface area (Å²) in [7, 11) is 0. The first-order valence-electron chi connectivity index (χ1n) is 22.4. The van der Waals surface area contributed by atoms with Gasteiger partial charge in [0.25, 0.3) is 0 Å². The molecule has 0 saturated heterocycles. The Labute approximate surface area is 372 Å². The molecule has 0 bridgehead atoms. The van der Waals surface area contributed by atoms with Crippen LogP contribution in [0.4, 0.5) is 17.1 Å². The SMILES string of the molecule is C/C=C\C1=C(C)C(C)(C)c2cc(N(c3ccc(-c4ccc(C)c(-c5ccccc5C)c4)cc3)c3ccc4c(c3)c(C)c(C)c3ccccc34)ccc21.CC.Cc1cccc(C)c1. The molecule has 0 fully saturated rings. The lowest BCUT2D eigenvalue weighted by Gasteiger charge is -2.29. The van der Waals surface area contributed by atoms with E-state index in [-0.39, 0.29) is 5.41 Å². The van der Waals surface area contributed by atoms with Gasteiger partial charge in [0, 0.05) is 22.5 Å². The molecule has 1 aliphatic rings. The Kier molecular flexibility index (Phi) is 12.9. The molecule has 1 aliphatic carbocycles. The standard InChI is InChI=1S/C51H47N.C8H10.C2H6/c1-9-14-44-36(6)51(7,8)50-31-41(26-28-47(44)50)52(40-25-27-46-45-18-13-12-17-43(45)34(4)35(5)49(46)30-40)39-23-21-37(22-24-39)38-20-19-33(3)48(29-38)42-16-11-10-15-32(42)2;1-7-4-3-5-8(2)6-7;1-2/h9-31H,1-8H3;3-6H,1-2H3;1-2H3/b14-9-;;. The topological polar surface area (TPSA) is 3.24 Å². The van der Waals surface area contributed by atoms with Gasteiger partial charge in [0.15, 0.2) is 0 Å². The molecule has 8 aromatic rings. The lowest BCUT2D eigenvalue weighted by Crippen LogP contribution is -2.17. The van der Waals surface area contributed by atoms with Crippen LogP contribution in [0.25, 0.3) is 49.4 Å². The molecule has 0 saturated carbocycles. The lowest BCUT2D eigenvalue weighted by molar-refractivity contribution is 0.639. The van der Waals surface area contributed by atoms with Crippen LogP contribution in [0.15, 0.2) is 169 Å². The fourth-order valence-electron chi connectivity index (χ4n) is 9.23. The number of fused-ring (bicyclic) bond motifs is 4. The van der Waals surface area contributed by atoms with E-state index < -0.39 is 0 Å². The molecule has 8 aromatic carbocycles. The van der Waals surface area contributed by atoms with E-state index in [2.05, 4.69) is 238 Å². The van der Waals surface area contributed by atoms with E-state index in [1.807, 2.05) is 13.8 Å². The quantitative estimate of drug-likeness (QED) is 0.151. The second-order valence-corrected chi connectivity index (χ2v) is 17.3. The van der Waals surface area contributed by atoms with Crippen LogP contribution in [0.1, 0.15) is 86.1 Å². The van der Waals surface area contributed by atoms with Crippen molar-refractivity contribution in [2.24, 2.45) is 0 Å². The summed E-state index contributed by atoms with van der Waals surface area (Å²) in [5.74, 6) is 0. The third-order valence-electron chi connectivity index (χ3n) is 13.1. The van der Waals surface area contributed by atoms with Crippen LogP contribution in [0.5, 0.6) is 0 Å². The smallest absolute Gasteiger partial charge is 0.0468 e. The number of benzene rings is 8. The normalized spacial score (nSPS) is 12.8. The zero-order valence-electron chi connectivity index (χ0n) is 39.0. The van der Waals surface area contributed by atoms with Gasteiger partial charge < -0.3 is 4.90 Å². The highest BCUT2D eigenvalue weighted by atomic mass is 15.1. The van der Waals surface area contributed by atoms with Gasteiger partial charge in [-0.05, 0) is 181 Å². The predicted molar refractivity (Wildman–Crippen MR) is 274 cm³/mol. The number of rotatable bonds is 6. The van der Waals surface area contributed by atoms with Crippen LogP contribution in [0.3, 0.4) is 0 Å². The molecule has 0 aliphatic heterocycles. The Morgan fingerprint density at radius 3 is 1.66 bits per heavy atom. The molecular weight excluding hydrogens is 747 g/mol. The van der Waals surface area contributed by atoms with Crippen LogP contribution in [-0.4, -0.2) is 0 Å². The summed E-state index contributed by atoms with van der Waals surface area (Å²) >= 11 is 0. The highest BCUT2D eigenvalue weighted by Crippen LogP contribution is 2.49. The van der Waals surface area contributed by atoms with Gasteiger partial charge in [-0.3, -0.25) is 0 Å². The van der Waals surface area contributed by atoms with Crippen molar-refractivity contribution in [3.05, 3.63) is 214 Å². The summed E-state index contributed by atoms with van der Waals surface area (Å²) in [5, 5.41) is 5.24. The van der Waals surface area contributed by atoms with Crippen molar-refractivity contribution in [3.8, 4) is 22.3 Å². The highest BCUT2D eigenvalue weighted by molar-refractivity contribution is 6.11. The molecule has 0 spiro atoms. The molecule has 0 unspecified atom stereocenters. The predicted octanol–water partition coefficient (Wildman–Crippen LogP) is 18.0. The molecule has 9 rings (SSSR count). The number of nitrogens with zero attached hydrogens (tertiary/aromatic N) is 1. The van der Waals surface area contributed by atoms with Crippen LogP contribution in [-0.2, 0) is 5.41 Å². The van der Waals surface area contributed by atoms with E-state index in [1.165, 1.54) is 105 Å². The molecule has 0 aromatic heterocycles. The van der Waals surface area contributed by atoms with Crippen LogP contribution < -0.4 is 4.90 Å². The fraction of sp³-hybridized carbons (Fsp3) is 0.213. The molecule has 312 valence electrons. The maximum absolute atomic E-state index is 2.44. The molecule has 0 heterocycles. The molecule has 0 amide bonds. The molecule has 1 nitrogen and oxygen atoms in total. The third-order valence-corrected chi connectivity index (χ3v) is 13.1. The monoisotopic (exact) mass is 809 g/mol. The van der Waals surface area contributed by atoms with Gasteiger partial charge in [0.05, 0.1) is 0 Å². The molecule has 0 N–H and O–H groups in total. The van der Waals surface area contributed by atoms with Crippen molar-refractivity contribution in [3.63, 3.8) is 0 Å². The molecule has 0 radical (unpaired) electrons. The summed E-state index contributed by atoms with van der Waals surface area (Å²) in [6.07, 6.45) is 4.43. The summed E-state index contributed by atoms with van der Waals surface area (Å²) in [6.45, 7) is 26.3. The summed E-state index contributed by atoms with van der Waals surface area (Å²) in [6, 6.07) is 56.0. The molecule has 0 atom stereocenters. The van der Waals surface area contributed by atoms with Crippen molar-refractivity contribution < 1.29 is 0 Å². The van der Waals surface area contributed by atoms with Gasteiger partial charge in [-0.2, -0.15) is 0 Å². The van der Waals surface area contributed by atoms with Gasteiger partial charge >= 0.3 is 0 Å². The Morgan fingerprint density at radius 1 is 0.435 bits per heavy atom. The summed E-state index contributed by atoms with van der Waals surface area (Å²) < 4.78 is 0. The van der Waals surface area contributed by atoms with E-state index in [4.69, 9.17) is 0 Å². The maximum atomic E-state index is 2.44. The van der Waals surface area contributed by atoms with Crippen molar-refractivity contribution >= 4 is 44.2 Å². The number of anilines is 3. The third kappa shape index (κ3) is 8.29. The van der Waals surface area contributed by atoms with Crippen LogP contribution >= 0.6 is 0 Å². The minimum Gasteiger partial charge on any atom is -0.310 e. The Bertz CT molecular complexity index is 2950. The number of allylic oxidation sites excluding steroid dienone is 4. The first-order valence-corrected chi connectivity index (χ1v) is 22.4. The van der Waals surface area contributed by atoms with Crippen LogP contribution in [0.2, 0.25) is 0 Å². The summed E-state index contributed by atoms with van der Waals surface area (Å²) in [4.78, 5) is 2.44. The number of aryl methyl sites for hydroxylation is 6. The maximum Gasteiger partial charge on any atom is 0.0468 e. The van der Waals surface area contributed by atoms with Crippen molar-refractivity contribution in [1.82, 2.24) is 0 Å². The minimum atomic E-state index is -0.0635. The second kappa shape index (κ2) is 18.3. The largest absolute Gasteiger partial charge is 0.310 e. The Balaban J connectivity index is 0.000000516. The van der Waals surface area contributed by atoms with Crippen molar-refractivity contribution in [2.75, 3.05) is 4.90 Å². The van der Waals surface area contributed by atoms with Gasteiger partial charge in [-0.15, -0.1) is 0 Å². The zero-order valence-corrected chi connectivity index (χ0v) is 39.0. The summed E-state index contributed by atoms with van der Waals surface area (Å²) in [5.41, 5.74) is 21.8. The van der Waals surface area contributed by atoms with Gasteiger partial charge in [0.1, 0.15) is 0 Å². The number of hydrogen-bond donors (Lipinski definition) is 0. The van der Waals surface area contributed by atoms with Crippen molar-refractivity contribution in [1.29, 1.82) is 0 Å². The molecule has 1 heteroatoms. The lowest BCUT2D eigenvalue weighted by atomic mass is 9.82. The van der Waals surface area contributed by atoms with E-state index >= 15 is 0 Å². The van der Waals surface area contributed by atoms with Gasteiger partial charge in [0.2, 0.25) is 0 Å². The highest BCUT2D eigenvalue weighted by Gasteiger charge is 2.35. The first-order chi connectivity index (χ1) is 29.9. The van der Waals surface area contributed by atoms with E-state index in [0.29, 0.717) is 0 Å². The van der Waals surface area contributed by atoms with E-state index in [0.717, 1.165) is 11.4 Å². The van der Waals surface area contributed by atoms with Crippen LogP contribution in [0, 0.1) is 41.5 Å². The average molecular weight is 810 g/mol. The Morgan fingerprint density at radius 2 is 1.00 bits per heavy atom. The first kappa shape index (κ1) is 43.6. The Hall–Kier alpha value is -6.44. The fourth-order valence-corrected chi connectivity index (χ4v) is 9.23. The molecular formula is C61H63N. The minimum absolute atomic E-state index is 0.0635. The van der Waals surface area contributed by atoms with Gasteiger partial charge in [-0.1, -0.05) is 166 Å². The van der Waals surface area contributed by atoms with Crippen molar-refractivity contribution in [2.45, 2.75) is 88.5 Å². The zero-order chi connectivity index (χ0) is 44.3. The molecule has 62 heavy (non-hydrogen) atoms.